The fourth-order valence-electron chi connectivity index (χ4n) is 5.09. The zero-order valence-electron chi connectivity index (χ0n) is 20.6. The summed E-state index contributed by atoms with van der Waals surface area (Å²) in [6.07, 6.45) is 2.35. The molecule has 0 unspecified atom stereocenters. The molecule has 5 rings (SSSR count). The predicted octanol–water partition coefficient (Wildman–Crippen LogP) is 4.75. The first-order valence-corrected chi connectivity index (χ1v) is 12.0. The van der Waals surface area contributed by atoms with Gasteiger partial charge in [0.15, 0.2) is 0 Å². The number of para-hydroxylation sites is 2. The van der Waals surface area contributed by atoms with Crippen LogP contribution in [0.2, 0.25) is 0 Å². The van der Waals surface area contributed by atoms with Gasteiger partial charge in [-0.2, -0.15) is 0 Å². The lowest BCUT2D eigenvalue weighted by molar-refractivity contribution is -0.131. The van der Waals surface area contributed by atoms with Crippen molar-refractivity contribution in [3.63, 3.8) is 0 Å². The molecule has 1 saturated heterocycles. The zero-order valence-corrected chi connectivity index (χ0v) is 20.6. The lowest BCUT2D eigenvalue weighted by Crippen LogP contribution is -2.49. The van der Waals surface area contributed by atoms with Gasteiger partial charge >= 0.3 is 5.63 Å². The normalized spacial score (nSPS) is 14.2. The molecule has 2 aromatic carbocycles. The van der Waals surface area contributed by atoms with E-state index in [2.05, 4.69) is 4.90 Å². The van der Waals surface area contributed by atoms with E-state index in [0.717, 1.165) is 57.6 Å². The first-order valence-electron chi connectivity index (χ1n) is 12.0. The Bertz CT molecular complexity index is 1470. The van der Waals surface area contributed by atoms with E-state index in [1.54, 1.807) is 13.4 Å². The second-order valence-corrected chi connectivity index (χ2v) is 9.21. The van der Waals surface area contributed by atoms with Crippen molar-refractivity contribution in [1.29, 1.82) is 0 Å². The topological polar surface area (TPSA) is 76.1 Å². The molecule has 0 atom stereocenters. The van der Waals surface area contributed by atoms with E-state index in [-0.39, 0.29) is 18.0 Å². The highest BCUT2D eigenvalue weighted by Gasteiger charge is 2.24. The van der Waals surface area contributed by atoms with Gasteiger partial charge in [-0.25, -0.2) is 4.79 Å². The molecule has 7 nitrogen and oxygen atoms in total. The molecule has 0 N–H and O–H groups in total. The number of ether oxygens (including phenoxy) is 1. The second-order valence-electron chi connectivity index (χ2n) is 9.21. The van der Waals surface area contributed by atoms with E-state index in [1.807, 2.05) is 56.0 Å². The number of fused-ring (bicyclic) bond motifs is 2. The number of nitrogens with zero attached hydrogens (tertiary/aromatic N) is 2. The van der Waals surface area contributed by atoms with Gasteiger partial charge in [0.05, 0.1) is 19.1 Å². The van der Waals surface area contributed by atoms with Crippen molar-refractivity contribution >= 4 is 33.5 Å². The van der Waals surface area contributed by atoms with Crippen LogP contribution in [0.3, 0.4) is 0 Å². The van der Waals surface area contributed by atoms with Crippen molar-refractivity contribution < 1.29 is 18.4 Å². The maximum absolute atomic E-state index is 13.0. The number of benzene rings is 2. The summed E-state index contributed by atoms with van der Waals surface area (Å²) in [6, 6.07) is 9.96. The van der Waals surface area contributed by atoms with Crippen LogP contribution in [0, 0.1) is 20.8 Å². The highest BCUT2D eigenvalue weighted by molar-refractivity contribution is 5.99. The summed E-state index contributed by atoms with van der Waals surface area (Å²) in [5.41, 5.74) is 5.26. The van der Waals surface area contributed by atoms with E-state index in [0.29, 0.717) is 30.7 Å². The van der Waals surface area contributed by atoms with Crippen molar-refractivity contribution in [2.45, 2.75) is 33.6 Å². The van der Waals surface area contributed by atoms with Crippen LogP contribution < -0.4 is 15.3 Å². The average molecular weight is 475 g/mol. The highest BCUT2D eigenvalue weighted by Crippen LogP contribution is 2.33. The molecule has 1 aliphatic heterocycles. The second kappa shape index (κ2) is 9.13. The summed E-state index contributed by atoms with van der Waals surface area (Å²) in [5.74, 6) is 0.893. The Labute approximate surface area is 203 Å². The van der Waals surface area contributed by atoms with Crippen LogP contribution in [0.25, 0.3) is 21.9 Å². The van der Waals surface area contributed by atoms with E-state index in [4.69, 9.17) is 13.6 Å². The smallest absolute Gasteiger partial charge is 0.339 e. The third-order valence-corrected chi connectivity index (χ3v) is 7.18. The molecular weight excluding hydrogens is 444 g/mol. The van der Waals surface area contributed by atoms with Crippen LogP contribution in [-0.2, 0) is 11.2 Å². The highest BCUT2D eigenvalue weighted by atomic mass is 16.5. The number of amides is 1. The summed E-state index contributed by atoms with van der Waals surface area (Å²) in [7, 11) is 1.67. The van der Waals surface area contributed by atoms with Crippen molar-refractivity contribution in [3.8, 4) is 5.75 Å². The van der Waals surface area contributed by atoms with Crippen LogP contribution in [0.1, 0.15) is 28.7 Å². The molecule has 1 amide bonds. The summed E-state index contributed by atoms with van der Waals surface area (Å²) >= 11 is 0. The molecule has 0 radical (unpaired) electrons. The molecule has 35 heavy (non-hydrogen) atoms. The minimum Gasteiger partial charge on any atom is -0.495 e. The van der Waals surface area contributed by atoms with Crippen LogP contribution in [0.15, 0.2) is 50.2 Å². The van der Waals surface area contributed by atoms with Crippen LogP contribution >= 0.6 is 0 Å². The van der Waals surface area contributed by atoms with Crippen LogP contribution in [0.4, 0.5) is 5.69 Å². The number of carbonyl (C=O) groups excluding carboxylic acids is 1. The molecule has 3 heterocycles. The zero-order chi connectivity index (χ0) is 24.7. The van der Waals surface area contributed by atoms with Crippen molar-refractivity contribution in [3.05, 3.63) is 69.3 Å². The molecule has 1 aliphatic rings. The molecule has 182 valence electrons. The molecule has 0 spiro atoms. The fraction of sp³-hybridized carbons (Fsp3) is 0.357. The first-order chi connectivity index (χ1) is 16.9. The minimum atomic E-state index is -0.380. The van der Waals surface area contributed by atoms with Gasteiger partial charge in [-0.3, -0.25) is 4.79 Å². The third-order valence-electron chi connectivity index (χ3n) is 7.18. The number of carbonyl (C=O) groups is 1. The molecule has 0 aliphatic carbocycles. The first kappa shape index (κ1) is 23.0. The fourth-order valence-corrected chi connectivity index (χ4v) is 5.09. The molecule has 0 bridgehead atoms. The number of hydrogen-bond acceptors (Lipinski definition) is 6. The van der Waals surface area contributed by atoms with E-state index < -0.39 is 0 Å². The Hall–Kier alpha value is -3.74. The number of piperazine rings is 1. The summed E-state index contributed by atoms with van der Waals surface area (Å²) in [6.45, 7) is 8.60. The molecular formula is C28H30N2O5. The Balaban J connectivity index is 1.31. The van der Waals surface area contributed by atoms with Gasteiger partial charge in [0.25, 0.3) is 0 Å². The summed E-state index contributed by atoms with van der Waals surface area (Å²) in [4.78, 5) is 30.0. The lowest BCUT2D eigenvalue weighted by atomic mass is 9.98. The van der Waals surface area contributed by atoms with Crippen molar-refractivity contribution in [1.82, 2.24) is 4.90 Å². The number of rotatable bonds is 5. The predicted molar refractivity (Wildman–Crippen MR) is 137 cm³/mol. The van der Waals surface area contributed by atoms with Gasteiger partial charge < -0.3 is 23.4 Å². The van der Waals surface area contributed by atoms with Gasteiger partial charge in [-0.05, 0) is 56.5 Å². The quantitative estimate of drug-likeness (QED) is 0.389. The van der Waals surface area contributed by atoms with Crippen LogP contribution in [0.5, 0.6) is 5.75 Å². The maximum atomic E-state index is 13.0. The number of methoxy groups -OCH3 is 1. The Morgan fingerprint density at radius 1 is 1.00 bits per heavy atom. The number of furan rings is 1. The molecule has 1 fully saturated rings. The summed E-state index contributed by atoms with van der Waals surface area (Å²) in [5, 5.41) is 1.91. The van der Waals surface area contributed by atoms with Crippen molar-refractivity contribution in [2.75, 3.05) is 38.2 Å². The number of aryl methyl sites for hydroxylation is 3. The Kier molecular flexibility index (Phi) is 6.01. The van der Waals surface area contributed by atoms with Gasteiger partial charge in [-0.1, -0.05) is 12.1 Å². The number of anilines is 1. The van der Waals surface area contributed by atoms with E-state index in [9.17, 15) is 9.59 Å². The summed E-state index contributed by atoms with van der Waals surface area (Å²) < 4.78 is 16.9. The largest absolute Gasteiger partial charge is 0.495 e. The molecule has 2 aromatic heterocycles. The molecule has 0 saturated carbocycles. The van der Waals surface area contributed by atoms with Crippen LogP contribution in [-0.4, -0.2) is 44.1 Å². The number of hydrogen-bond donors (Lipinski definition) is 0. The Morgan fingerprint density at radius 3 is 2.49 bits per heavy atom. The molecule has 7 heteroatoms. The lowest BCUT2D eigenvalue weighted by Gasteiger charge is -2.36. The van der Waals surface area contributed by atoms with Crippen molar-refractivity contribution in [2.24, 2.45) is 0 Å². The third kappa shape index (κ3) is 4.05. The van der Waals surface area contributed by atoms with Gasteiger partial charge in [0, 0.05) is 54.5 Å². The standard InChI is InChI=1S/C28H30N2O5/c1-17-16-34-26-19(3)27-22(15-21(17)26)18(2)20(28(32)35-27)9-10-25(31)30-13-11-29(12-14-30)23-7-5-6-8-24(23)33-4/h5-8,15-16H,9-14H2,1-4H3. The minimum absolute atomic E-state index is 0.0564. The average Bonchev–Trinajstić information content (AvgIpc) is 3.25. The van der Waals surface area contributed by atoms with E-state index >= 15 is 0 Å². The molecule has 4 aromatic rings. The Morgan fingerprint density at radius 2 is 1.74 bits per heavy atom. The van der Waals surface area contributed by atoms with Gasteiger partial charge in [0.1, 0.15) is 16.9 Å². The van der Waals surface area contributed by atoms with Gasteiger partial charge in [0.2, 0.25) is 5.91 Å². The van der Waals surface area contributed by atoms with Gasteiger partial charge in [-0.15, -0.1) is 0 Å². The monoisotopic (exact) mass is 474 g/mol. The van der Waals surface area contributed by atoms with E-state index in [1.165, 1.54) is 0 Å². The SMILES string of the molecule is COc1ccccc1N1CCN(C(=O)CCc2c(C)c3cc4c(C)coc4c(C)c3oc2=O)CC1. The maximum Gasteiger partial charge on any atom is 0.339 e.